The Balaban J connectivity index is 0.000000143. The third-order valence-electron chi connectivity index (χ3n) is 2.77. The second-order valence-electron chi connectivity index (χ2n) is 4.17. The first kappa shape index (κ1) is 16.1. The van der Waals surface area contributed by atoms with Crippen LogP contribution in [-0.2, 0) is 0 Å². The third kappa shape index (κ3) is 3.11. The van der Waals surface area contributed by atoms with E-state index < -0.39 is 0 Å². The zero-order chi connectivity index (χ0) is 17.1. The molecule has 0 saturated carbocycles. The number of nitrogens with two attached hydrogens (primary N) is 2. The highest BCUT2D eigenvalue weighted by atomic mass is 35.5. The molecule has 4 rings (SSSR count). The topological polar surface area (TPSA) is 185 Å². The van der Waals surface area contributed by atoms with Crippen molar-refractivity contribution in [2.45, 2.75) is 0 Å². The molecule has 0 amide bonds. The van der Waals surface area contributed by atoms with Crippen LogP contribution in [-0.4, -0.2) is 39.9 Å². The van der Waals surface area contributed by atoms with Crippen LogP contribution in [0.2, 0.25) is 10.4 Å². The predicted molar refractivity (Wildman–Crippen MR) is 89.0 cm³/mol. The summed E-state index contributed by atoms with van der Waals surface area (Å²) in [6, 6.07) is 0. The highest BCUT2D eigenvalue weighted by Gasteiger charge is 2.07. The van der Waals surface area contributed by atoms with Gasteiger partial charge < -0.3 is 15.4 Å². The van der Waals surface area contributed by atoms with E-state index in [-0.39, 0.29) is 16.4 Å². The fourth-order valence-corrected chi connectivity index (χ4v) is 2.20. The van der Waals surface area contributed by atoms with Gasteiger partial charge in [-0.25, -0.2) is 26.6 Å². The van der Waals surface area contributed by atoms with Crippen molar-refractivity contribution in [1.29, 1.82) is 0 Å². The Morgan fingerprint density at radius 1 is 0.833 bits per heavy atom. The summed E-state index contributed by atoms with van der Waals surface area (Å²) in [7, 11) is 0. The maximum absolute atomic E-state index is 5.70. The van der Waals surface area contributed by atoms with Gasteiger partial charge in [0.05, 0.1) is 12.7 Å². The lowest BCUT2D eigenvalue weighted by Crippen LogP contribution is -2.14. The molecule has 8 N–H and O–H groups in total. The molecule has 0 saturated heterocycles. The van der Waals surface area contributed by atoms with Crippen molar-refractivity contribution in [2.24, 2.45) is 11.7 Å². The Bertz CT molecular complexity index is 978. The van der Waals surface area contributed by atoms with E-state index in [0.29, 0.717) is 28.1 Å². The zero-order valence-corrected chi connectivity index (χ0v) is 13.3. The zero-order valence-electron chi connectivity index (χ0n) is 11.7. The molecular weight excluding hydrogens is 359 g/mol. The standard InChI is InChI=1S/C5H2Cl2N4.C5H8N8/c6-3-2-4(9-1-8-2)11-5(7)10-3;6-12-4-2-3(9-1-8-2)10-5(11-4)13-7/h1H,(H,8,9,10,11);1H,6-7H2,(H3,8,9,10,11,12,13). The monoisotopic (exact) mass is 368 g/mol. The van der Waals surface area contributed by atoms with Gasteiger partial charge in [0.25, 0.3) is 0 Å². The van der Waals surface area contributed by atoms with E-state index in [1.165, 1.54) is 12.7 Å². The summed E-state index contributed by atoms with van der Waals surface area (Å²) in [6.45, 7) is 0. The number of nitrogen functional groups attached to an aromatic ring is 2. The quantitative estimate of drug-likeness (QED) is 0.126. The molecule has 0 radical (unpaired) electrons. The lowest BCUT2D eigenvalue weighted by molar-refractivity contribution is 1.12. The molecule has 0 bridgehead atoms. The first-order chi connectivity index (χ1) is 11.6. The van der Waals surface area contributed by atoms with Crippen LogP contribution in [0.1, 0.15) is 0 Å². The molecule has 0 aromatic carbocycles. The minimum atomic E-state index is 0.106. The smallest absolute Gasteiger partial charge is 0.241 e. The van der Waals surface area contributed by atoms with Crippen LogP contribution in [0.3, 0.4) is 0 Å². The van der Waals surface area contributed by atoms with E-state index in [0.717, 1.165) is 0 Å². The molecule has 4 aromatic rings. The Hall–Kier alpha value is -2.80. The Morgan fingerprint density at radius 2 is 1.50 bits per heavy atom. The summed E-state index contributed by atoms with van der Waals surface area (Å²) >= 11 is 11.2. The van der Waals surface area contributed by atoms with Gasteiger partial charge in [-0.15, -0.1) is 0 Å². The van der Waals surface area contributed by atoms with E-state index >= 15 is 0 Å². The maximum atomic E-state index is 5.70. The van der Waals surface area contributed by atoms with Crippen LogP contribution in [0.5, 0.6) is 0 Å². The second-order valence-corrected chi connectivity index (χ2v) is 4.87. The van der Waals surface area contributed by atoms with Crippen LogP contribution in [0.25, 0.3) is 22.3 Å². The molecule has 0 unspecified atom stereocenters. The van der Waals surface area contributed by atoms with E-state index in [4.69, 9.17) is 34.9 Å². The highest BCUT2D eigenvalue weighted by Crippen LogP contribution is 2.18. The number of halogens is 2. The van der Waals surface area contributed by atoms with E-state index in [9.17, 15) is 0 Å². The minimum absolute atomic E-state index is 0.106. The number of hydrogen-bond donors (Lipinski definition) is 6. The molecule has 0 atom stereocenters. The van der Waals surface area contributed by atoms with Gasteiger partial charge in [0.1, 0.15) is 11.0 Å². The molecule has 4 aromatic heterocycles. The number of rotatable bonds is 2. The first-order valence-electron chi connectivity index (χ1n) is 6.29. The number of imidazole rings is 2. The second kappa shape index (κ2) is 6.76. The number of aromatic nitrogens is 8. The minimum Gasteiger partial charge on any atom is -0.341 e. The number of H-pyrrole nitrogens is 2. The number of anilines is 2. The fourth-order valence-electron chi connectivity index (χ4n) is 1.78. The van der Waals surface area contributed by atoms with Gasteiger partial charge in [-0.2, -0.15) is 15.0 Å². The molecule has 0 aliphatic heterocycles. The van der Waals surface area contributed by atoms with Gasteiger partial charge in [0, 0.05) is 0 Å². The van der Waals surface area contributed by atoms with Crippen molar-refractivity contribution in [1.82, 2.24) is 39.9 Å². The maximum Gasteiger partial charge on any atom is 0.241 e. The third-order valence-corrected chi connectivity index (χ3v) is 3.21. The van der Waals surface area contributed by atoms with Crippen LogP contribution < -0.4 is 22.5 Å². The summed E-state index contributed by atoms with van der Waals surface area (Å²) in [5, 5.41) is 0.395. The number of nitrogens with zero attached hydrogens (tertiary/aromatic N) is 6. The van der Waals surface area contributed by atoms with Gasteiger partial charge in [-0.1, -0.05) is 11.6 Å². The molecular formula is C10H10Cl2N12. The molecule has 14 heteroatoms. The van der Waals surface area contributed by atoms with E-state index in [1.807, 2.05) is 0 Å². The van der Waals surface area contributed by atoms with Crippen molar-refractivity contribution < 1.29 is 0 Å². The van der Waals surface area contributed by atoms with Crippen LogP contribution in [0, 0.1) is 0 Å². The molecule has 124 valence electrons. The first-order valence-corrected chi connectivity index (χ1v) is 7.04. The predicted octanol–water partition coefficient (Wildman–Crippen LogP) is 0.584. The van der Waals surface area contributed by atoms with Crippen LogP contribution in [0.15, 0.2) is 12.7 Å². The fraction of sp³-hybridized carbons (Fsp3) is 0. The average molecular weight is 369 g/mol. The number of nitrogens with one attached hydrogen (secondary N) is 4. The van der Waals surface area contributed by atoms with Gasteiger partial charge in [0.2, 0.25) is 11.2 Å². The Labute approximate surface area is 143 Å². The number of aromatic amines is 2. The number of hydrazine groups is 2. The Kier molecular flexibility index (Phi) is 4.52. The van der Waals surface area contributed by atoms with Crippen molar-refractivity contribution in [2.75, 3.05) is 10.9 Å². The van der Waals surface area contributed by atoms with Gasteiger partial charge >= 0.3 is 0 Å². The van der Waals surface area contributed by atoms with E-state index in [2.05, 4.69) is 50.7 Å². The Morgan fingerprint density at radius 3 is 2.17 bits per heavy atom. The summed E-state index contributed by atoms with van der Waals surface area (Å²) in [4.78, 5) is 28.9. The van der Waals surface area contributed by atoms with Crippen molar-refractivity contribution in [3.8, 4) is 0 Å². The number of hydrogen-bond acceptors (Lipinski definition) is 10. The molecule has 0 fully saturated rings. The molecule has 0 aliphatic carbocycles. The molecule has 12 nitrogen and oxygen atoms in total. The van der Waals surface area contributed by atoms with Gasteiger partial charge in [-0.3, -0.25) is 5.43 Å². The molecule has 24 heavy (non-hydrogen) atoms. The summed E-state index contributed by atoms with van der Waals surface area (Å²) in [5.74, 6) is 11.1. The highest BCUT2D eigenvalue weighted by molar-refractivity contribution is 6.35. The van der Waals surface area contributed by atoms with Crippen LogP contribution >= 0.6 is 23.2 Å². The van der Waals surface area contributed by atoms with Crippen molar-refractivity contribution >= 4 is 57.3 Å². The van der Waals surface area contributed by atoms with Gasteiger partial charge in [-0.05, 0) is 11.6 Å². The summed E-state index contributed by atoms with van der Waals surface area (Å²) in [5.41, 5.74) is 6.95. The lowest BCUT2D eigenvalue weighted by Gasteiger charge is -2.02. The van der Waals surface area contributed by atoms with Crippen molar-refractivity contribution in [3.05, 3.63) is 23.1 Å². The van der Waals surface area contributed by atoms with E-state index in [1.54, 1.807) is 0 Å². The largest absolute Gasteiger partial charge is 0.341 e. The molecule has 0 spiro atoms. The normalized spacial score (nSPS) is 10.5. The lowest BCUT2D eigenvalue weighted by atomic mass is 10.5. The molecule has 0 aliphatic rings. The average Bonchev–Trinajstić information content (AvgIpc) is 3.22. The van der Waals surface area contributed by atoms with Crippen LogP contribution in [0.4, 0.5) is 11.8 Å². The van der Waals surface area contributed by atoms with Gasteiger partial charge in [0.15, 0.2) is 22.3 Å². The number of fused-ring (bicyclic) bond motifs is 2. The summed E-state index contributed by atoms with van der Waals surface area (Å²) in [6.07, 6.45) is 2.99. The summed E-state index contributed by atoms with van der Waals surface area (Å²) < 4.78 is 0. The molecule has 4 heterocycles. The van der Waals surface area contributed by atoms with Crippen molar-refractivity contribution in [3.63, 3.8) is 0 Å². The SMILES string of the molecule is Clc1nc(Cl)c2[nH]cnc2n1.NNc1nc(NN)c2[nH]cnc2n1.